The van der Waals surface area contributed by atoms with Crippen LogP contribution in [-0.4, -0.2) is 54.6 Å². The molecule has 6 heteroatoms. The van der Waals surface area contributed by atoms with E-state index in [2.05, 4.69) is 0 Å². The summed E-state index contributed by atoms with van der Waals surface area (Å²) >= 11 is 0. The molecule has 70 valence electrons. The number of hydrogen-bond donors (Lipinski definition) is 0. The fourth-order valence-electron chi connectivity index (χ4n) is 1.03. The molecule has 1 saturated heterocycles. The number of nitrogens with zero attached hydrogens (tertiary/aromatic N) is 3. The van der Waals surface area contributed by atoms with Gasteiger partial charge in [0.2, 0.25) is 0 Å². The molecule has 1 fully saturated rings. The smallest absolute Gasteiger partial charge is 0.309 e. The van der Waals surface area contributed by atoms with E-state index in [1.54, 1.807) is 14.1 Å². The Kier molecular flexibility index (Phi) is 3.51. The first-order chi connectivity index (χ1) is 5.04. The van der Waals surface area contributed by atoms with Crippen molar-refractivity contribution in [2.45, 2.75) is 0 Å². The zero-order chi connectivity index (χ0) is 8.59. The minimum absolute atomic E-state index is 0. The van der Waals surface area contributed by atoms with E-state index in [0.717, 1.165) is 4.90 Å². The molecule has 0 unspecified atom stereocenters. The first-order valence-corrected chi connectivity index (χ1v) is 3.28. The lowest BCUT2D eigenvalue weighted by atomic mass is 10.5. The van der Waals surface area contributed by atoms with E-state index >= 15 is 0 Å². The number of halogens is 1. The normalized spacial score (nSPS) is 18.1. The van der Waals surface area contributed by atoms with Crippen molar-refractivity contribution in [3.8, 4) is 0 Å². The summed E-state index contributed by atoms with van der Waals surface area (Å²) in [6, 6.07) is -0.513. The molecule has 0 aromatic heterocycles. The zero-order valence-electron chi connectivity index (χ0n) is 7.27. The van der Waals surface area contributed by atoms with Gasteiger partial charge in [-0.25, -0.2) is 14.5 Å². The summed E-state index contributed by atoms with van der Waals surface area (Å²) < 4.78 is 0. The van der Waals surface area contributed by atoms with Crippen LogP contribution in [0, 0.1) is 0 Å². The molecule has 4 amide bonds. The topological polar surface area (TPSA) is 43.9 Å². The molecule has 0 atom stereocenters. The number of carbonyl (C=O) groups is 2. The van der Waals surface area contributed by atoms with Crippen LogP contribution in [0.15, 0.2) is 0 Å². The van der Waals surface area contributed by atoms with E-state index in [-0.39, 0.29) is 29.0 Å². The average molecular weight is 238 g/mol. The summed E-state index contributed by atoms with van der Waals surface area (Å²) in [5.74, 6) is 0. The Balaban J connectivity index is 0.00000121. The molecular formula is C6H12BrN3O2. The fourth-order valence-corrected chi connectivity index (χ4v) is 1.03. The van der Waals surface area contributed by atoms with E-state index in [0.29, 0.717) is 6.67 Å². The molecule has 0 N–H and O–H groups in total. The van der Waals surface area contributed by atoms with Gasteiger partial charge in [-0.3, -0.25) is 0 Å². The van der Waals surface area contributed by atoms with Crippen LogP contribution in [0.5, 0.6) is 0 Å². The maximum Gasteiger partial charge on any atom is 0.329 e. The number of carbonyl (C=O) groups excluding carboxylic acids is 2. The van der Waals surface area contributed by atoms with Crippen molar-refractivity contribution in [3.05, 3.63) is 0 Å². The Hall–Kier alpha value is -0.780. The minimum Gasteiger partial charge on any atom is -0.309 e. The Morgan fingerprint density at radius 3 is 1.67 bits per heavy atom. The van der Waals surface area contributed by atoms with Gasteiger partial charge in [-0.15, -0.1) is 17.0 Å². The minimum atomic E-state index is -0.256. The molecule has 0 aromatic carbocycles. The zero-order valence-corrected chi connectivity index (χ0v) is 8.99. The van der Waals surface area contributed by atoms with Crippen molar-refractivity contribution < 1.29 is 9.59 Å². The number of imide groups is 1. The Morgan fingerprint density at radius 1 is 1.00 bits per heavy atom. The first-order valence-electron chi connectivity index (χ1n) is 3.28. The Morgan fingerprint density at radius 2 is 1.33 bits per heavy atom. The van der Waals surface area contributed by atoms with Gasteiger partial charge in [-0.2, -0.15) is 0 Å². The van der Waals surface area contributed by atoms with Gasteiger partial charge in [-0.05, 0) is 0 Å². The van der Waals surface area contributed by atoms with Gasteiger partial charge in [0.15, 0.2) is 0 Å². The van der Waals surface area contributed by atoms with Gasteiger partial charge in [0.05, 0.1) is 6.67 Å². The molecular weight excluding hydrogens is 226 g/mol. The monoisotopic (exact) mass is 237 g/mol. The maximum absolute atomic E-state index is 11.1. The highest BCUT2D eigenvalue weighted by atomic mass is 79.9. The Bertz CT molecular complexity index is 189. The quantitative estimate of drug-likeness (QED) is 0.619. The highest BCUT2D eigenvalue weighted by Gasteiger charge is 2.29. The standard InChI is InChI=1S/C6H11N3O2.BrH/c1-7-4-8(2)6(11)9(3)5(7)10;/h4H2,1-3H3;1H. The summed E-state index contributed by atoms with van der Waals surface area (Å²) in [5.41, 5.74) is 0. The third kappa shape index (κ3) is 1.69. The van der Waals surface area contributed by atoms with Gasteiger partial charge in [-0.1, -0.05) is 0 Å². The predicted molar refractivity (Wildman–Crippen MR) is 49.3 cm³/mol. The summed E-state index contributed by atoms with van der Waals surface area (Å²) in [5, 5.41) is 0. The van der Waals surface area contributed by atoms with Crippen LogP contribution in [0.1, 0.15) is 0 Å². The molecule has 1 aliphatic heterocycles. The maximum atomic E-state index is 11.1. The molecule has 1 rings (SSSR count). The lowest BCUT2D eigenvalue weighted by molar-refractivity contribution is 0.107. The summed E-state index contributed by atoms with van der Waals surface area (Å²) in [6.45, 7) is 0.363. The second-order valence-electron chi connectivity index (χ2n) is 2.66. The van der Waals surface area contributed by atoms with Crippen molar-refractivity contribution in [1.29, 1.82) is 0 Å². The van der Waals surface area contributed by atoms with Crippen LogP contribution in [-0.2, 0) is 0 Å². The summed E-state index contributed by atoms with van der Waals surface area (Å²) in [6.07, 6.45) is 0. The predicted octanol–water partition coefficient (Wildman–Crippen LogP) is 0.571. The van der Waals surface area contributed by atoms with Crippen molar-refractivity contribution in [1.82, 2.24) is 14.7 Å². The van der Waals surface area contributed by atoms with Crippen LogP contribution in [0.4, 0.5) is 9.59 Å². The Labute approximate surface area is 81.7 Å². The van der Waals surface area contributed by atoms with Gasteiger partial charge < -0.3 is 9.80 Å². The number of amides is 4. The molecule has 0 bridgehead atoms. The van der Waals surface area contributed by atoms with Gasteiger partial charge in [0.1, 0.15) is 0 Å². The van der Waals surface area contributed by atoms with Crippen molar-refractivity contribution >= 4 is 29.0 Å². The highest BCUT2D eigenvalue weighted by molar-refractivity contribution is 8.93. The molecule has 5 nitrogen and oxygen atoms in total. The van der Waals surface area contributed by atoms with E-state index in [1.807, 2.05) is 0 Å². The van der Waals surface area contributed by atoms with E-state index < -0.39 is 0 Å². The average Bonchev–Trinajstić information content (AvgIpc) is 1.97. The summed E-state index contributed by atoms with van der Waals surface area (Å²) in [4.78, 5) is 26.2. The SMILES string of the molecule is Br.CN1CN(C)C(=O)N(C)C1=O. The van der Waals surface area contributed by atoms with Crippen LogP contribution in [0.2, 0.25) is 0 Å². The van der Waals surface area contributed by atoms with Crippen LogP contribution in [0.3, 0.4) is 0 Å². The van der Waals surface area contributed by atoms with Crippen molar-refractivity contribution in [3.63, 3.8) is 0 Å². The fraction of sp³-hybridized carbons (Fsp3) is 0.667. The lowest BCUT2D eigenvalue weighted by Crippen LogP contribution is -2.56. The van der Waals surface area contributed by atoms with E-state index in [4.69, 9.17) is 0 Å². The van der Waals surface area contributed by atoms with Gasteiger partial charge >= 0.3 is 12.1 Å². The highest BCUT2D eigenvalue weighted by Crippen LogP contribution is 2.05. The van der Waals surface area contributed by atoms with Crippen LogP contribution in [0.25, 0.3) is 0 Å². The second-order valence-corrected chi connectivity index (χ2v) is 2.66. The number of urea groups is 2. The van der Waals surface area contributed by atoms with E-state index in [9.17, 15) is 9.59 Å². The third-order valence-electron chi connectivity index (χ3n) is 1.65. The van der Waals surface area contributed by atoms with Crippen LogP contribution < -0.4 is 0 Å². The largest absolute Gasteiger partial charge is 0.329 e. The van der Waals surface area contributed by atoms with E-state index in [1.165, 1.54) is 16.8 Å². The third-order valence-corrected chi connectivity index (χ3v) is 1.65. The molecule has 1 aliphatic rings. The molecule has 0 spiro atoms. The lowest BCUT2D eigenvalue weighted by Gasteiger charge is -2.35. The number of hydrogen-bond acceptors (Lipinski definition) is 2. The molecule has 0 radical (unpaired) electrons. The van der Waals surface area contributed by atoms with Gasteiger partial charge in [0, 0.05) is 21.1 Å². The molecule has 0 aliphatic carbocycles. The second kappa shape index (κ2) is 3.75. The molecule has 1 heterocycles. The number of rotatable bonds is 0. The molecule has 0 saturated carbocycles. The van der Waals surface area contributed by atoms with Gasteiger partial charge in [0.25, 0.3) is 0 Å². The molecule has 0 aromatic rings. The molecule has 12 heavy (non-hydrogen) atoms. The van der Waals surface area contributed by atoms with Crippen molar-refractivity contribution in [2.75, 3.05) is 27.8 Å². The summed E-state index contributed by atoms with van der Waals surface area (Å²) in [7, 11) is 4.78. The first kappa shape index (κ1) is 11.2. The van der Waals surface area contributed by atoms with Crippen molar-refractivity contribution in [2.24, 2.45) is 0 Å². The van der Waals surface area contributed by atoms with Crippen LogP contribution >= 0.6 is 17.0 Å².